The molecule has 0 radical (unpaired) electrons. The Labute approximate surface area is 130 Å². The van der Waals surface area contributed by atoms with Crippen LogP contribution < -0.4 is 5.73 Å². The SMILES string of the molecule is CSCCC(C)N(C)C(CN)c1cccc(Cl)c1Cl. The monoisotopic (exact) mass is 320 g/mol. The Hall–Kier alpha value is 0.0700. The second-order valence-corrected chi connectivity index (χ2v) is 6.46. The molecule has 108 valence electrons. The Morgan fingerprint density at radius 1 is 1.37 bits per heavy atom. The van der Waals surface area contributed by atoms with Crippen molar-refractivity contribution >= 4 is 35.0 Å². The van der Waals surface area contributed by atoms with Crippen LogP contribution in [0, 0.1) is 0 Å². The predicted octanol–water partition coefficient (Wildman–Crippen LogP) is 4.07. The van der Waals surface area contributed by atoms with E-state index in [2.05, 4.69) is 25.1 Å². The van der Waals surface area contributed by atoms with Crippen LogP contribution in [0.15, 0.2) is 18.2 Å². The highest BCUT2D eigenvalue weighted by Crippen LogP contribution is 2.32. The van der Waals surface area contributed by atoms with Gasteiger partial charge in [-0.25, -0.2) is 0 Å². The molecule has 0 saturated carbocycles. The van der Waals surface area contributed by atoms with Crippen molar-refractivity contribution in [3.05, 3.63) is 33.8 Å². The molecule has 0 amide bonds. The summed E-state index contributed by atoms with van der Waals surface area (Å²) in [6.07, 6.45) is 3.26. The summed E-state index contributed by atoms with van der Waals surface area (Å²) in [7, 11) is 2.10. The van der Waals surface area contributed by atoms with Crippen LogP contribution >= 0.6 is 35.0 Å². The Balaban J connectivity index is 2.90. The lowest BCUT2D eigenvalue weighted by Crippen LogP contribution is -2.37. The number of hydrogen-bond acceptors (Lipinski definition) is 3. The minimum Gasteiger partial charge on any atom is -0.329 e. The third-order valence-electron chi connectivity index (χ3n) is 3.49. The van der Waals surface area contributed by atoms with Gasteiger partial charge in [-0.05, 0) is 44.0 Å². The Morgan fingerprint density at radius 3 is 2.63 bits per heavy atom. The quantitative estimate of drug-likeness (QED) is 0.821. The fourth-order valence-electron chi connectivity index (χ4n) is 2.09. The van der Waals surface area contributed by atoms with Gasteiger partial charge in [-0.3, -0.25) is 4.90 Å². The first kappa shape index (κ1) is 17.1. The summed E-state index contributed by atoms with van der Waals surface area (Å²) >= 11 is 14.3. The molecule has 0 saturated heterocycles. The number of nitrogens with two attached hydrogens (primary N) is 1. The predicted molar refractivity (Wildman–Crippen MR) is 88.5 cm³/mol. The Morgan fingerprint density at radius 2 is 2.05 bits per heavy atom. The molecule has 5 heteroatoms. The lowest BCUT2D eigenvalue weighted by molar-refractivity contribution is 0.185. The van der Waals surface area contributed by atoms with Gasteiger partial charge in [-0.2, -0.15) is 11.8 Å². The van der Waals surface area contributed by atoms with E-state index in [1.54, 1.807) is 6.07 Å². The molecule has 0 aromatic heterocycles. The fraction of sp³-hybridized carbons (Fsp3) is 0.571. The standard InChI is InChI=1S/C14H22Cl2N2S/c1-10(7-8-19-3)18(2)13(9-17)11-5-4-6-12(15)14(11)16/h4-6,10,13H,7-9,17H2,1-3H3. The second-order valence-electron chi connectivity index (χ2n) is 4.69. The minimum absolute atomic E-state index is 0.100. The highest BCUT2D eigenvalue weighted by molar-refractivity contribution is 7.98. The van der Waals surface area contributed by atoms with Crippen LogP contribution in [0.3, 0.4) is 0 Å². The van der Waals surface area contributed by atoms with Crippen LogP contribution in [-0.2, 0) is 0 Å². The molecule has 1 aromatic rings. The highest BCUT2D eigenvalue weighted by Gasteiger charge is 2.22. The van der Waals surface area contributed by atoms with Crippen molar-refractivity contribution in [3.8, 4) is 0 Å². The third kappa shape index (κ3) is 4.54. The van der Waals surface area contributed by atoms with Gasteiger partial charge in [0.05, 0.1) is 10.0 Å². The maximum Gasteiger partial charge on any atom is 0.0640 e. The van der Waals surface area contributed by atoms with Crippen molar-refractivity contribution < 1.29 is 0 Å². The third-order valence-corrected chi connectivity index (χ3v) is 4.97. The van der Waals surface area contributed by atoms with Gasteiger partial charge in [0, 0.05) is 18.6 Å². The summed E-state index contributed by atoms with van der Waals surface area (Å²) in [5.74, 6) is 1.14. The van der Waals surface area contributed by atoms with E-state index in [-0.39, 0.29) is 6.04 Å². The van der Waals surface area contributed by atoms with Gasteiger partial charge in [0.2, 0.25) is 0 Å². The average Bonchev–Trinajstić information content (AvgIpc) is 2.41. The second kappa shape index (κ2) is 8.38. The first-order chi connectivity index (χ1) is 9.02. The smallest absolute Gasteiger partial charge is 0.0640 e. The van der Waals surface area contributed by atoms with E-state index < -0.39 is 0 Å². The largest absolute Gasteiger partial charge is 0.329 e. The van der Waals surface area contributed by atoms with E-state index in [1.807, 2.05) is 23.9 Å². The van der Waals surface area contributed by atoms with Gasteiger partial charge >= 0.3 is 0 Å². The van der Waals surface area contributed by atoms with Gasteiger partial charge in [0.15, 0.2) is 0 Å². The molecule has 0 spiro atoms. The number of nitrogens with zero attached hydrogens (tertiary/aromatic N) is 1. The molecule has 0 aliphatic carbocycles. The molecule has 2 unspecified atom stereocenters. The fourth-order valence-corrected chi connectivity index (χ4v) is 3.10. The molecule has 2 atom stereocenters. The van der Waals surface area contributed by atoms with Gasteiger partial charge in [-0.1, -0.05) is 35.3 Å². The zero-order valence-corrected chi connectivity index (χ0v) is 14.0. The Kier molecular flexibility index (Phi) is 7.55. The molecule has 1 aromatic carbocycles. The van der Waals surface area contributed by atoms with E-state index in [0.717, 1.165) is 17.7 Å². The van der Waals surface area contributed by atoms with Crippen molar-refractivity contribution in [1.82, 2.24) is 4.90 Å². The summed E-state index contributed by atoms with van der Waals surface area (Å²) in [6.45, 7) is 2.75. The summed E-state index contributed by atoms with van der Waals surface area (Å²) in [6, 6.07) is 6.29. The summed E-state index contributed by atoms with van der Waals surface area (Å²) < 4.78 is 0. The van der Waals surface area contributed by atoms with Crippen LogP contribution in [0.4, 0.5) is 0 Å². The molecule has 2 N–H and O–H groups in total. The topological polar surface area (TPSA) is 29.3 Å². The van der Waals surface area contributed by atoms with Crippen LogP contribution in [0.25, 0.3) is 0 Å². The summed E-state index contributed by atoms with van der Waals surface area (Å²) in [5, 5.41) is 1.20. The average molecular weight is 321 g/mol. The maximum atomic E-state index is 6.30. The molecule has 0 fully saturated rings. The maximum absolute atomic E-state index is 6.30. The van der Waals surface area contributed by atoms with Crippen molar-refractivity contribution in [2.45, 2.75) is 25.4 Å². The molecule has 0 heterocycles. The van der Waals surface area contributed by atoms with E-state index >= 15 is 0 Å². The molecule has 2 nitrogen and oxygen atoms in total. The van der Waals surface area contributed by atoms with Gasteiger partial charge in [0.1, 0.15) is 0 Å². The molecular weight excluding hydrogens is 299 g/mol. The first-order valence-corrected chi connectivity index (χ1v) is 8.52. The van der Waals surface area contributed by atoms with Crippen molar-refractivity contribution in [1.29, 1.82) is 0 Å². The zero-order chi connectivity index (χ0) is 14.4. The minimum atomic E-state index is 0.100. The van der Waals surface area contributed by atoms with E-state index in [9.17, 15) is 0 Å². The molecule has 1 rings (SSSR count). The van der Waals surface area contributed by atoms with Crippen LogP contribution in [-0.4, -0.2) is 36.5 Å². The lowest BCUT2D eigenvalue weighted by Gasteiger charge is -2.33. The summed E-state index contributed by atoms with van der Waals surface area (Å²) in [4.78, 5) is 2.29. The number of thioether (sulfide) groups is 1. The van der Waals surface area contributed by atoms with Crippen molar-refractivity contribution in [3.63, 3.8) is 0 Å². The number of hydrogen-bond donors (Lipinski definition) is 1. The van der Waals surface area contributed by atoms with Crippen molar-refractivity contribution in [2.75, 3.05) is 25.6 Å². The summed E-state index contributed by atoms with van der Waals surface area (Å²) in [5.41, 5.74) is 6.95. The normalized spacial score (nSPS) is 14.7. The number of likely N-dealkylation sites (N-methyl/N-ethyl adjacent to an activating group) is 1. The number of benzene rings is 1. The molecule has 0 aliphatic heterocycles. The first-order valence-electron chi connectivity index (χ1n) is 6.37. The molecule has 0 aliphatic rings. The molecule has 19 heavy (non-hydrogen) atoms. The zero-order valence-electron chi connectivity index (χ0n) is 11.7. The van der Waals surface area contributed by atoms with Gasteiger partial charge in [0.25, 0.3) is 0 Å². The van der Waals surface area contributed by atoms with E-state index in [4.69, 9.17) is 28.9 Å². The van der Waals surface area contributed by atoms with Crippen LogP contribution in [0.2, 0.25) is 10.0 Å². The van der Waals surface area contributed by atoms with Gasteiger partial charge in [-0.15, -0.1) is 0 Å². The van der Waals surface area contributed by atoms with Gasteiger partial charge < -0.3 is 5.73 Å². The van der Waals surface area contributed by atoms with Crippen molar-refractivity contribution in [2.24, 2.45) is 5.73 Å². The van der Waals surface area contributed by atoms with Crippen LogP contribution in [0.5, 0.6) is 0 Å². The van der Waals surface area contributed by atoms with E-state index in [0.29, 0.717) is 22.6 Å². The van der Waals surface area contributed by atoms with Crippen LogP contribution in [0.1, 0.15) is 24.9 Å². The number of halogens is 2. The Bertz CT molecular complexity index is 401. The molecular formula is C14H22Cl2N2S. The number of rotatable bonds is 7. The lowest BCUT2D eigenvalue weighted by atomic mass is 10.0. The molecule has 0 bridgehead atoms. The highest BCUT2D eigenvalue weighted by atomic mass is 35.5. The van der Waals surface area contributed by atoms with E-state index in [1.165, 1.54) is 0 Å².